The molecule has 0 unspecified atom stereocenters. The molecule has 0 N–H and O–H groups in total. The molecule has 0 bridgehead atoms. The van der Waals surface area contributed by atoms with Gasteiger partial charge in [-0.2, -0.15) is 0 Å². The van der Waals surface area contributed by atoms with Crippen molar-refractivity contribution in [2.75, 3.05) is 6.54 Å². The Labute approximate surface area is 146 Å². The Balaban J connectivity index is 1.80. The van der Waals surface area contributed by atoms with Crippen LogP contribution in [-0.4, -0.2) is 29.2 Å². The molecule has 2 aliphatic rings. The third kappa shape index (κ3) is 3.63. The SMILES string of the molecule is C[C@H]1C[C@@H](C2=Cc3ccc(Br)cc3C2)N(C(=O)OC(C)(C)C)C1. The molecule has 1 aliphatic carbocycles. The van der Waals surface area contributed by atoms with Crippen LogP contribution < -0.4 is 0 Å². The van der Waals surface area contributed by atoms with Gasteiger partial charge < -0.3 is 9.64 Å². The van der Waals surface area contributed by atoms with E-state index in [1.807, 2.05) is 25.7 Å². The number of likely N-dealkylation sites (tertiary alicyclic amines) is 1. The summed E-state index contributed by atoms with van der Waals surface area (Å²) in [5, 5.41) is 0. The minimum absolute atomic E-state index is 0.158. The van der Waals surface area contributed by atoms with Gasteiger partial charge >= 0.3 is 6.09 Å². The molecule has 0 radical (unpaired) electrons. The number of nitrogens with zero attached hydrogens (tertiary/aromatic N) is 1. The Bertz CT molecular complexity index is 660. The Morgan fingerprint density at radius 2 is 2.09 bits per heavy atom. The molecule has 3 nitrogen and oxygen atoms in total. The molecule has 0 aromatic heterocycles. The first-order chi connectivity index (χ1) is 10.7. The predicted molar refractivity (Wildman–Crippen MR) is 96.3 cm³/mol. The van der Waals surface area contributed by atoms with E-state index in [1.54, 1.807) is 0 Å². The number of carbonyl (C=O) groups is 1. The van der Waals surface area contributed by atoms with Gasteiger partial charge in [-0.3, -0.25) is 0 Å². The lowest BCUT2D eigenvalue weighted by atomic mass is 9.99. The normalized spacial score (nSPS) is 23.7. The fraction of sp³-hybridized carbons (Fsp3) is 0.526. The smallest absolute Gasteiger partial charge is 0.410 e. The van der Waals surface area contributed by atoms with Gasteiger partial charge in [-0.05, 0) is 68.4 Å². The van der Waals surface area contributed by atoms with Crippen molar-refractivity contribution in [1.82, 2.24) is 4.90 Å². The minimum atomic E-state index is -0.453. The maximum Gasteiger partial charge on any atom is 0.410 e. The summed E-state index contributed by atoms with van der Waals surface area (Å²) in [5.41, 5.74) is 3.48. The molecule has 2 atom stereocenters. The minimum Gasteiger partial charge on any atom is -0.444 e. The molecule has 1 heterocycles. The van der Waals surface area contributed by atoms with E-state index < -0.39 is 5.60 Å². The summed E-state index contributed by atoms with van der Waals surface area (Å²) >= 11 is 3.54. The molecule has 4 heteroatoms. The maximum atomic E-state index is 12.6. The lowest BCUT2D eigenvalue weighted by molar-refractivity contribution is 0.0244. The highest BCUT2D eigenvalue weighted by atomic mass is 79.9. The lowest BCUT2D eigenvalue weighted by Gasteiger charge is -2.29. The van der Waals surface area contributed by atoms with Crippen LogP contribution in [0.15, 0.2) is 28.2 Å². The molecule has 1 aliphatic heterocycles. The Morgan fingerprint density at radius 1 is 1.35 bits per heavy atom. The van der Waals surface area contributed by atoms with E-state index in [0.717, 1.165) is 23.9 Å². The van der Waals surface area contributed by atoms with Gasteiger partial charge in [0.15, 0.2) is 0 Å². The van der Waals surface area contributed by atoms with E-state index in [1.165, 1.54) is 16.7 Å². The van der Waals surface area contributed by atoms with E-state index in [4.69, 9.17) is 4.74 Å². The second-order valence-electron chi connectivity index (χ2n) is 7.73. The molecule has 0 saturated carbocycles. The molecule has 23 heavy (non-hydrogen) atoms. The quantitative estimate of drug-likeness (QED) is 0.686. The maximum absolute atomic E-state index is 12.6. The van der Waals surface area contributed by atoms with Crippen LogP contribution in [0.1, 0.15) is 45.2 Å². The van der Waals surface area contributed by atoms with Gasteiger partial charge in [0.25, 0.3) is 0 Å². The van der Waals surface area contributed by atoms with Crippen LogP contribution in [-0.2, 0) is 11.2 Å². The molecule has 1 aromatic carbocycles. The molecule has 0 spiro atoms. The van der Waals surface area contributed by atoms with Gasteiger partial charge in [-0.25, -0.2) is 4.79 Å². The number of amides is 1. The van der Waals surface area contributed by atoms with Gasteiger partial charge in [0.1, 0.15) is 5.60 Å². The van der Waals surface area contributed by atoms with Gasteiger partial charge in [0, 0.05) is 11.0 Å². The van der Waals surface area contributed by atoms with E-state index in [-0.39, 0.29) is 12.1 Å². The fourth-order valence-corrected chi connectivity index (χ4v) is 3.88. The molecule has 3 rings (SSSR count). The van der Waals surface area contributed by atoms with Crippen molar-refractivity contribution in [1.29, 1.82) is 0 Å². The molecule has 1 amide bonds. The molecule has 1 saturated heterocycles. The summed E-state index contributed by atoms with van der Waals surface area (Å²) in [5.74, 6) is 0.504. The highest BCUT2D eigenvalue weighted by Crippen LogP contribution is 2.36. The van der Waals surface area contributed by atoms with Crippen LogP contribution in [0.3, 0.4) is 0 Å². The molecular weight excluding hydrogens is 354 g/mol. The van der Waals surface area contributed by atoms with E-state index >= 15 is 0 Å². The van der Waals surface area contributed by atoms with Gasteiger partial charge in [0.2, 0.25) is 0 Å². The van der Waals surface area contributed by atoms with Gasteiger partial charge in [0.05, 0.1) is 6.04 Å². The zero-order valence-corrected chi connectivity index (χ0v) is 15.8. The second kappa shape index (κ2) is 5.97. The van der Waals surface area contributed by atoms with Gasteiger partial charge in [-0.15, -0.1) is 0 Å². The van der Waals surface area contributed by atoms with Crippen molar-refractivity contribution in [2.24, 2.45) is 5.92 Å². The van der Waals surface area contributed by atoms with Crippen molar-refractivity contribution in [3.8, 4) is 0 Å². The van der Waals surface area contributed by atoms with Gasteiger partial charge in [-0.1, -0.05) is 35.0 Å². The molecule has 124 valence electrons. The Kier molecular flexibility index (Phi) is 4.30. The van der Waals surface area contributed by atoms with Crippen molar-refractivity contribution >= 4 is 28.1 Å². The van der Waals surface area contributed by atoms with Crippen LogP contribution in [0.25, 0.3) is 6.08 Å². The Hall–Kier alpha value is -1.29. The van der Waals surface area contributed by atoms with Crippen LogP contribution in [0, 0.1) is 5.92 Å². The third-order valence-corrected chi connectivity index (χ3v) is 4.90. The lowest BCUT2D eigenvalue weighted by Crippen LogP contribution is -2.40. The average molecular weight is 378 g/mol. The van der Waals surface area contributed by atoms with E-state index in [9.17, 15) is 4.79 Å². The number of fused-ring (bicyclic) bond motifs is 1. The van der Waals surface area contributed by atoms with Crippen LogP contribution >= 0.6 is 15.9 Å². The molecular formula is C19H24BrNO2. The molecule has 1 aromatic rings. The first-order valence-electron chi connectivity index (χ1n) is 8.21. The monoisotopic (exact) mass is 377 g/mol. The van der Waals surface area contributed by atoms with E-state index in [2.05, 4.69) is 47.1 Å². The standard InChI is InChI=1S/C19H24BrNO2/c1-12-7-17(21(11-12)18(22)23-19(2,3)4)15-8-13-5-6-16(20)10-14(13)9-15/h5-6,8,10,12,17H,7,9,11H2,1-4H3/t12-,17-/m0/s1. The number of hydrogen-bond acceptors (Lipinski definition) is 2. The highest BCUT2D eigenvalue weighted by molar-refractivity contribution is 9.10. The summed E-state index contributed by atoms with van der Waals surface area (Å²) in [4.78, 5) is 14.5. The molecule has 1 fully saturated rings. The summed E-state index contributed by atoms with van der Waals surface area (Å²) in [6, 6.07) is 6.55. The largest absolute Gasteiger partial charge is 0.444 e. The van der Waals surface area contributed by atoms with Crippen molar-refractivity contribution in [3.63, 3.8) is 0 Å². The zero-order chi connectivity index (χ0) is 16.8. The van der Waals surface area contributed by atoms with Crippen molar-refractivity contribution in [3.05, 3.63) is 39.4 Å². The van der Waals surface area contributed by atoms with Crippen LogP contribution in [0.4, 0.5) is 4.79 Å². The van der Waals surface area contributed by atoms with E-state index in [0.29, 0.717) is 5.92 Å². The first-order valence-corrected chi connectivity index (χ1v) is 9.01. The van der Waals surface area contributed by atoms with Crippen molar-refractivity contribution in [2.45, 2.75) is 52.2 Å². The van der Waals surface area contributed by atoms with Crippen LogP contribution in [0.5, 0.6) is 0 Å². The first kappa shape index (κ1) is 16.6. The topological polar surface area (TPSA) is 29.5 Å². The van der Waals surface area contributed by atoms with Crippen LogP contribution in [0.2, 0.25) is 0 Å². The number of ether oxygens (including phenoxy) is 1. The number of benzene rings is 1. The number of carbonyl (C=O) groups excluding carboxylic acids is 1. The Morgan fingerprint density at radius 3 is 2.78 bits per heavy atom. The summed E-state index contributed by atoms with van der Waals surface area (Å²) in [6.07, 6.45) is 4.00. The summed E-state index contributed by atoms with van der Waals surface area (Å²) in [6.45, 7) is 8.73. The number of hydrogen-bond donors (Lipinski definition) is 0. The number of rotatable bonds is 1. The fourth-order valence-electron chi connectivity index (χ4n) is 3.47. The predicted octanol–water partition coefficient (Wildman–Crippen LogP) is 5.03. The summed E-state index contributed by atoms with van der Waals surface area (Å²) in [7, 11) is 0. The zero-order valence-electron chi connectivity index (χ0n) is 14.2. The second-order valence-corrected chi connectivity index (χ2v) is 8.64. The average Bonchev–Trinajstić information content (AvgIpc) is 2.99. The third-order valence-electron chi connectivity index (χ3n) is 4.41. The summed E-state index contributed by atoms with van der Waals surface area (Å²) < 4.78 is 6.71. The van der Waals surface area contributed by atoms with Crippen molar-refractivity contribution < 1.29 is 9.53 Å². The number of halogens is 1. The highest BCUT2D eigenvalue weighted by Gasteiger charge is 2.38.